The van der Waals surface area contributed by atoms with E-state index in [4.69, 9.17) is 9.57 Å². The monoisotopic (exact) mass is 301 g/mol. The predicted octanol–water partition coefficient (Wildman–Crippen LogP) is 2.12. The number of amides is 1. The van der Waals surface area contributed by atoms with Crippen LogP contribution in [-0.4, -0.2) is 28.4 Å². The summed E-state index contributed by atoms with van der Waals surface area (Å²) < 4.78 is 7.37. The Morgan fingerprint density at radius 1 is 1.36 bits per heavy atom. The number of imidazole rings is 1. The lowest BCUT2D eigenvalue weighted by Crippen LogP contribution is -2.33. The maximum absolute atomic E-state index is 12.0. The molecular weight excluding hydrogens is 282 g/mol. The number of hydrogen-bond donors (Lipinski definition) is 1. The summed E-state index contributed by atoms with van der Waals surface area (Å²) in [5, 5.41) is 0. The van der Waals surface area contributed by atoms with Crippen molar-refractivity contribution in [3.63, 3.8) is 0 Å². The third-order valence-corrected chi connectivity index (χ3v) is 3.56. The third kappa shape index (κ3) is 3.93. The van der Waals surface area contributed by atoms with Gasteiger partial charge in [-0.2, -0.15) is 0 Å². The van der Waals surface area contributed by atoms with Crippen molar-refractivity contribution in [2.45, 2.75) is 32.1 Å². The molecule has 1 unspecified atom stereocenters. The molecule has 2 heterocycles. The van der Waals surface area contributed by atoms with E-state index in [9.17, 15) is 4.79 Å². The summed E-state index contributed by atoms with van der Waals surface area (Å²) in [4.78, 5) is 21.3. The van der Waals surface area contributed by atoms with Crippen molar-refractivity contribution in [2.24, 2.45) is 0 Å². The molecule has 3 rings (SSSR count). The number of rotatable bonds is 5. The molecule has 1 atom stereocenters. The highest BCUT2D eigenvalue weighted by Gasteiger charge is 2.16. The summed E-state index contributed by atoms with van der Waals surface area (Å²) >= 11 is 0. The molecule has 116 valence electrons. The zero-order valence-electron chi connectivity index (χ0n) is 12.3. The van der Waals surface area contributed by atoms with Crippen molar-refractivity contribution in [1.29, 1.82) is 0 Å². The van der Waals surface area contributed by atoms with Crippen molar-refractivity contribution in [3.05, 3.63) is 54.1 Å². The number of carbonyl (C=O) groups excluding carboxylic acids is 1. The number of nitrogens with zero attached hydrogens (tertiary/aromatic N) is 2. The first-order chi connectivity index (χ1) is 10.8. The molecule has 6 nitrogen and oxygen atoms in total. The van der Waals surface area contributed by atoms with E-state index in [2.05, 4.69) is 10.5 Å². The van der Waals surface area contributed by atoms with Crippen LogP contribution in [0.3, 0.4) is 0 Å². The summed E-state index contributed by atoms with van der Waals surface area (Å²) in [7, 11) is 0. The van der Waals surface area contributed by atoms with Crippen LogP contribution in [0.4, 0.5) is 0 Å². The van der Waals surface area contributed by atoms with Gasteiger partial charge in [-0.05, 0) is 30.5 Å². The molecule has 1 aromatic heterocycles. The van der Waals surface area contributed by atoms with Crippen molar-refractivity contribution in [1.82, 2.24) is 15.0 Å². The van der Waals surface area contributed by atoms with Gasteiger partial charge in [-0.3, -0.25) is 4.79 Å². The normalized spacial score (nSPS) is 18.1. The average Bonchev–Trinajstić information content (AvgIpc) is 3.07. The van der Waals surface area contributed by atoms with E-state index < -0.39 is 0 Å². The number of aromatic nitrogens is 2. The Morgan fingerprint density at radius 2 is 2.23 bits per heavy atom. The Balaban J connectivity index is 1.51. The summed E-state index contributed by atoms with van der Waals surface area (Å²) in [6.45, 7) is 1.41. The molecule has 0 bridgehead atoms. The van der Waals surface area contributed by atoms with Crippen LogP contribution in [0.5, 0.6) is 0 Å². The lowest BCUT2D eigenvalue weighted by Gasteiger charge is -2.22. The number of nitrogens with one attached hydrogen (secondary N) is 1. The van der Waals surface area contributed by atoms with Crippen molar-refractivity contribution in [3.8, 4) is 0 Å². The van der Waals surface area contributed by atoms with Crippen LogP contribution in [0.2, 0.25) is 0 Å². The summed E-state index contributed by atoms with van der Waals surface area (Å²) in [6, 6.07) is 7.41. The van der Waals surface area contributed by atoms with Crippen LogP contribution in [-0.2, 0) is 16.1 Å². The van der Waals surface area contributed by atoms with E-state index in [1.807, 2.05) is 22.9 Å². The topological polar surface area (TPSA) is 65.4 Å². The molecule has 6 heteroatoms. The lowest BCUT2D eigenvalue weighted by molar-refractivity contribution is -0.186. The van der Waals surface area contributed by atoms with E-state index in [-0.39, 0.29) is 12.2 Å². The molecule has 1 N–H and O–H groups in total. The molecule has 1 saturated heterocycles. The highest BCUT2D eigenvalue weighted by Crippen LogP contribution is 2.13. The van der Waals surface area contributed by atoms with E-state index in [0.717, 1.165) is 31.4 Å². The molecule has 0 spiro atoms. The number of hydroxylamine groups is 1. The number of benzene rings is 1. The van der Waals surface area contributed by atoms with Gasteiger partial charge in [0.05, 0.1) is 6.33 Å². The van der Waals surface area contributed by atoms with Gasteiger partial charge in [0.2, 0.25) is 0 Å². The van der Waals surface area contributed by atoms with Crippen molar-refractivity contribution in [2.75, 3.05) is 6.61 Å². The zero-order valence-corrected chi connectivity index (χ0v) is 12.3. The van der Waals surface area contributed by atoms with Crippen LogP contribution in [0.25, 0.3) is 0 Å². The number of ether oxygens (including phenoxy) is 1. The van der Waals surface area contributed by atoms with Crippen molar-refractivity contribution < 1.29 is 14.4 Å². The van der Waals surface area contributed by atoms with E-state index in [0.29, 0.717) is 12.2 Å². The molecular formula is C16H19N3O3. The number of carbonyl (C=O) groups is 1. The van der Waals surface area contributed by atoms with Gasteiger partial charge in [0.25, 0.3) is 5.91 Å². The molecule has 1 fully saturated rings. The van der Waals surface area contributed by atoms with Gasteiger partial charge in [-0.25, -0.2) is 15.3 Å². The standard InChI is InChI=1S/C16H19N3O3/c20-16(18-22-15-3-1-2-10-21-15)14-6-4-13(5-7-14)11-19-9-8-17-12-19/h4-9,12,15H,1-3,10-11H2,(H,18,20). The highest BCUT2D eigenvalue weighted by molar-refractivity contribution is 5.93. The second kappa shape index (κ2) is 7.20. The molecule has 1 aliphatic heterocycles. The third-order valence-electron chi connectivity index (χ3n) is 3.56. The highest BCUT2D eigenvalue weighted by atomic mass is 16.8. The Labute approximate surface area is 129 Å². The Hall–Kier alpha value is -2.18. The molecule has 1 aromatic carbocycles. The SMILES string of the molecule is O=C(NOC1CCCCO1)c1ccc(Cn2ccnc2)cc1. The Morgan fingerprint density at radius 3 is 2.91 bits per heavy atom. The van der Waals surface area contributed by atoms with Gasteiger partial charge in [0.1, 0.15) is 0 Å². The molecule has 22 heavy (non-hydrogen) atoms. The summed E-state index contributed by atoms with van der Waals surface area (Å²) in [5.41, 5.74) is 4.12. The molecule has 0 aliphatic carbocycles. The van der Waals surface area contributed by atoms with Crippen LogP contribution in [0.1, 0.15) is 35.2 Å². The summed E-state index contributed by atoms with van der Waals surface area (Å²) in [5.74, 6) is -0.261. The maximum Gasteiger partial charge on any atom is 0.274 e. The molecule has 0 saturated carbocycles. The van der Waals surface area contributed by atoms with Crippen LogP contribution in [0, 0.1) is 0 Å². The second-order valence-corrected chi connectivity index (χ2v) is 5.28. The first-order valence-corrected chi connectivity index (χ1v) is 7.43. The van der Waals surface area contributed by atoms with Gasteiger partial charge in [0, 0.05) is 37.5 Å². The minimum absolute atomic E-state index is 0.261. The first-order valence-electron chi connectivity index (χ1n) is 7.43. The minimum atomic E-state index is -0.335. The van der Waals surface area contributed by atoms with Gasteiger partial charge in [0.15, 0.2) is 6.29 Å². The molecule has 1 amide bonds. The molecule has 1 aliphatic rings. The molecule has 0 radical (unpaired) electrons. The predicted molar refractivity (Wildman–Crippen MR) is 79.9 cm³/mol. The van der Waals surface area contributed by atoms with Gasteiger partial charge >= 0.3 is 0 Å². The smallest absolute Gasteiger partial charge is 0.274 e. The number of hydrogen-bond acceptors (Lipinski definition) is 4. The minimum Gasteiger partial charge on any atom is -0.350 e. The first kappa shape index (κ1) is 14.7. The van der Waals surface area contributed by atoms with Crippen LogP contribution >= 0.6 is 0 Å². The molecule has 2 aromatic rings. The fourth-order valence-electron chi connectivity index (χ4n) is 2.33. The zero-order chi connectivity index (χ0) is 15.2. The van der Waals surface area contributed by atoms with Crippen LogP contribution < -0.4 is 5.48 Å². The van der Waals surface area contributed by atoms with E-state index in [1.54, 1.807) is 24.7 Å². The second-order valence-electron chi connectivity index (χ2n) is 5.28. The maximum atomic E-state index is 12.0. The van der Waals surface area contributed by atoms with Gasteiger partial charge in [-0.1, -0.05) is 12.1 Å². The Kier molecular flexibility index (Phi) is 4.82. The van der Waals surface area contributed by atoms with Crippen LogP contribution in [0.15, 0.2) is 43.0 Å². The largest absolute Gasteiger partial charge is 0.350 e. The lowest BCUT2D eigenvalue weighted by atomic mass is 10.1. The average molecular weight is 301 g/mol. The van der Waals surface area contributed by atoms with E-state index in [1.165, 1.54) is 0 Å². The van der Waals surface area contributed by atoms with Crippen molar-refractivity contribution >= 4 is 5.91 Å². The quantitative estimate of drug-likeness (QED) is 0.859. The van der Waals surface area contributed by atoms with E-state index >= 15 is 0 Å². The fourth-order valence-corrected chi connectivity index (χ4v) is 2.33. The van der Waals surface area contributed by atoms with Gasteiger partial charge < -0.3 is 9.30 Å². The summed E-state index contributed by atoms with van der Waals surface area (Å²) in [6.07, 6.45) is 7.99. The fraction of sp³-hybridized carbons (Fsp3) is 0.375. The van der Waals surface area contributed by atoms with Gasteiger partial charge in [-0.15, -0.1) is 0 Å². The Bertz CT molecular complexity index is 590.